The van der Waals surface area contributed by atoms with Crippen molar-refractivity contribution in [3.05, 3.63) is 46.4 Å². The van der Waals surface area contributed by atoms with Crippen molar-refractivity contribution in [3.8, 4) is 11.4 Å². The van der Waals surface area contributed by atoms with Crippen LogP contribution < -0.4 is 5.73 Å². The number of aromatic nitrogens is 4. The van der Waals surface area contributed by atoms with E-state index in [-0.39, 0.29) is 22.1 Å². The minimum absolute atomic E-state index is 0.0792. The highest BCUT2D eigenvalue weighted by molar-refractivity contribution is 6.33. The van der Waals surface area contributed by atoms with E-state index >= 15 is 0 Å². The Balaban J connectivity index is 1.88. The molecule has 0 atom stereocenters. The molecule has 1 aliphatic rings. The summed E-state index contributed by atoms with van der Waals surface area (Å²) in [5.74, 6) is -1.11. The van der Waals surface area contributed by atoms with E-state index in [1.54, 1.807) is 6.92 Å². The summed E-state index contributed by atoms with van der Waals surface area (Å²) in [4.78, 5) is 11.0. The van der Waals surface area contributed by atoms with Crippen molar-refractivity contribution in [3.63, 3.8) is 0 Å². The van der Waals surface area contributed by atoms with E-state index in [4.69, 9.17) is 17.3 Å². The topological polar surface area (TPSA) is 72.3 Å². The number of halogens is 3. The second-order valence-electron chi connectivity index (χ2n) is 8.05. The first-order chi connectivity index (χ1) is 13.7. The van der Waals surface area contributed by atoms with Crippen molar-refractivity contribution in [1.82, 2.24) is 24.5 Å². The molecule has 0 radical (unpaired) electrons. The number of nitrogens with two attached hydrogens (primary N) is 1. The van der Waals surface area contributed by atoms with E-state index in [9.17, 15) is 8.78 Å². The molecule has 4 rings (SSSR count). The van der Waals surface area contributed by atoms with Crippen LogP contribution in [0.4, 0.5) is 8.78 Å². The Labute approximate surface area is 172 Å². The summed E-state index contributed by atoms with van der Waals surface area (Å²) in [5.41, 5.74) is 6.44. The third-order valence-corrected chi connectivity index (χ3v) is 6.02. The average Bonchev–Trinajstić information content (AvgIpc) is 3.02. The lowest BCUT2D eigenvalue weighted by Crippen LogP contribution is -2.46. The summed E-state index contributed by atoms with van der Waals surface area (Å²) in [6.07, 6.45) is 4.53. The highest BCUT2D eigenvalue weighted by atomic mass is 35.5. The van der Waals surface area contributed by atoms with E-state index in [1.165, 1.54) is 22.8 Å². The molecule has 0 aliphatic heterocycles. The van der Waals surface area contributed by atoms with Gasteiger partial charge in [0.1, 0.15) is 16.7 Å². The maximum atomic E-state index is 14.6. The zero-order valence-electron chi connectivity index (χ0n) is 16.6. The summed E-state index contributed by atoms with van der Waals surface area (Å²) < 4.78 is 30.7. The van der Waals surface area contributed by atoms with Gasteiger partial charge in [0.15, 0.2) is 17.3 Å². The molecule has 0 unspecified atom stereocenters. The second kappa shape index (κ2) is 7.27. The molecule has 1 fully saturated rings. The minimum Gasteiger partial charge on any atom is -0.319 e. The predicted octanol–water partition coefficient (Wildman–Crippen LogP) is 3.69. The van der Waals surface area contributed by atoms with Gasteiger partial charge in [0, 0.05) is 6.04 Å². The molecular formula is C20H23ClF2N6. The molecule has 9 heteroatoms. The number of aryl methyl sites for hydroxylation is 1. The summed E-state index contributed by atoms with van der Waals surface area (Å²) >= 11 is 6.25. The Hall–Kier alpha value is -2.16. The van der Waals surface area contributed by atoms with Crippen LogP contribution in [0, 0.1) is 18.6 Å². The standard InChI is InChI=1S/C20H23ClF2N6/c1-11-8-14(22)16(15(23)9-11)17-26-18-13(21)10-25-29(18)19(27-17)20(24)6-4-12(5-7-20)28(2)3/h8-10,12H,4-7,24H2,1-3H3. The van der Waals surface area contributed by atoms with Gasteiger partial charge < -0.3 is 10.6 Å². The Morgan fingerprint density at radius 3 is 2.38 bits per heavy atom. The lowest BCUT2D eigenvalue weighted by molar-refractivity contribution is 0.166. The van der Waals surface area contributed by atoms with Gasteiger partial charge in [-0.25, -0.2) is 18.7 Å². The highest BCUT2D eigenvalue weighted by Gasteiger charge is 2.38. The highest BCUT2D eigenvalue weighted by Crippen LogP contribution is 2.37. The first-order valence-corrected chi connectivity index (χ1v) is 9.90. The average molecular weight is 421 g/mol. The third-order valence-electron chi connectivity index (χ3n) is 5.76. The molecule has 2 aromatic heterocycles. The van der Waals surface area contributed by atoms with Crippen LogP contribution in [0.3, 0.4) is 0 Å². The zero-order chi connectivity index (χ0) is 20.9. The van der Waals surface area contributed by atoms with Crippen LogP contribution in [-0.2, 0) is 5.54 Å². The largest absolute Gasteiger partial charge is 0.319 e. The number of fused-ring (bicyclic) bond motifs is 1. The van der Waals surface area contributed by atoms with Gasteiger partial charge in [0.2, 0.25) is 0 Å². The fourth-order valence-corrected chi connectivity index (χ4v) is 4.22. The smallest absolute Gasteiger partial charge is 0.178 e. The van der Waals surface area contributed by atoms with Gasteiger partial charge in [-0.05, 0) is 64.4 Å². The fourth-order valence-electron chi connectivity index (χ4n) is 4.06. The first-order valence-electron chi connectivity index (χ1n) is 9.53. The van der Waals surface area contributed by atoms with Crippen LogP contribution in [0.2, 0.25) is 5.02 Å². The number of rotatable bonds is 3. The maximum absolute atomic E-state index is 14.6. The van der Waals surface area contributed by atoms with Crippen LogP contribution in [0.25, 0.3) is 17.0 Å². The molecule has 3 aromatic rings. The number of nitrogens with zero attached hydrogens (tertiary/aromatic N) is 5. The van der Waals surface area contributed by atoms with E-state index in [0.29, 0.717) is 30.3 Å². The summed E-state index contributed by atoms with van der Waals surface area (Å²) in [6.45, 7) is 1.62. The Bertz CT molecular complexity index is 1050. The monoisotopic (exact) mass is 420 g/mol. The number of benzene rings is 1. The molecule has 1 aromatic carbocycles. The van der Waals surface area contributed by atoms with Gasteiger partial charge >= 0.3 is 0 Å². The molecule has 2 N–H and O–H groups in total. The van der Waals surface area contributed by atoms with Crippen molar-refractivity contribution in [1.29, 1.82) is 0 Å². The molecule has 1 aliphatic carbocycles. The van der Waals surface area contributed by atoms with Gasteiger partial charge in [-0.1, -0.05) is 11.6 Å². The quantitative estimate of drug-likeness (QED) is 0.699. The van der Waals surface area contributed by atoms with Crippen molar-refractivity contribution in [2.45, 2.75) is 44.2 Å². The van der Waals surface area contributed by atoms with Gasteiger partial charge in [0.25, 0.3) is 0 Å². The van der Waals surface area contributed by atoms with E-state index in [1.807, 2.05) is 14.1 Å². The van der Waals surface area contributed by atoms with E-state index < -0.39 is 17.2 Å². The molecule has 1 saturated carbocycles. The van der Waals surface area contributed by atoms with Crippen LogP contribution >= 0.6 is 11.6 Å². The Kier molecular flexibility index (Phi) is 5.04. The van der Waals surface area contributed by atoms with Crippen molar-refractivity contribution < 1.29 is 8.78 Å². The molecule has 154 valence electrons. The van der Waals surface area contributed by atoms with E-state index in [2.05, 4.69) is 20.0 Å². The minimum atomic E-state index is -0.796. The molecule has 0 bridgehead atoms. The first kappa shape index (κ1) is 20.1. The van der Waals surface area contributed by atoms with Crippen LogP contribution in [0.5, 0.6) is 0 Å². The lowest BCUT2D eigenvalue weighted by atomic mass is 9.79. The summed E-state index contributed by atoms with van der Waals surface area (Å²) in [7, 11) is 4.09. The fraction of sp³-hybridized carbons (Fsp3) is 0.450. The molecule has 2 heterocycles. The zero-order valence-corrected chi connectivity index (χ0v) is 17.3. The SMILES string of the molecule is Cc1cc(F)c(-c2nc(C3(N)CCC(N(C)C)CC3)n3ncc(Cl)c3n2)c(F)c1. The van der Waals surface area contributed by atoms with Gasteiger partial charge in [-0.2, -0.15) is 9.61 Å². The number of hydrogen-bond donors (Lipinski definition) is 1. The summed E-state index contributed by atoms with van der Waals surface area (Å²) in [6, 6.07) is 2.94. The molecule has 0 amide bonds. The van der Waals surface area contributed by atoms with Crippen LogP contribution in [0.15, 0.2) is 18.3 Å². The van der Waals surface area contributed by atoms with Crippen LogP contribution in [0.1, 0.15) is 37.1 Å². The van der Waals surface area contributed by atoms with Gasteiger partial charge in [0.05, 0.1) is 17.3 Å². The third kappa shape index (κ3) is 3.49. The Morgan fingerprint density at radius 2 is 1.79 bits per heavy atom. The Morgan fingerprint density at radius 1 is 1.17 bits per heavy atom. The molecule has 0 spiro atoms. The second-order valence-corrected chi connectivity index (χ2v) is 8.46. The normalized spacial score (nSPS) is 22.6. The predicted molar refractivity (Wildman–Crippen MR) is 108 cm³/mol. The number of hydrogen-bond acceptors (Lipinski definition) is 5. The molecular weight excluding hydrogens is 398 g/mol. The molecule has 6 nitrogen and oxygen atoms in total. The van der Waals surface area contributed by atoms with Crippen LogP contribution in [-0.4, -0.2) is 44.6 Å². The molecule has 29 heavy (non-hydrogen) atoms. The lowest BCUT2D eigenvalue weighted by Gasteiger charge is -2.38. The van der Waals surface area contributed by atoms with Crippen molar-refractivity contribution >= 4 is 17.2 Å². The van der Waals surface area contributed by atoms with Gasteiger partial charge in [-0.15, -0.1) is 0 Å². The maximum Gasteiger partial charge on any atom is 0.178 e. The van der Waals surface area contributed by atoms with Gasteiger partial charge in [-0.3, -0.25) is 0 Å². The van der Waals surface area contributed by atoms with Crippen molar-refractivity contribution in [2.75, 3.05) is 14.1 Å². The molecule has 0 saturated heterocycles. The van der Waals surface area contributed by atoms with Crippen molar-refractivity contribution in [2.24, 2.45) is 5.73 Å². The summed E-state index contributed by atoms with van der Waals surface area (Å²) in [5, 5.41) is 4.54. The van der Waals surface area contributed by atoms with E-state index in [0.717, 1.165) is 12.8 Å².